The minimum Gasteiger partial charge on any atom is -0.494 e. The Hall–Kier alpha value is -1.98. The molecule has 1 fully saturated rings. The Kier molecular flexibility index (Phi) is 5.11. The highest BCUT2D eigenvalue weighted by molar-refractivity contribution is 6.20. The van der Waals surface area contributed by atoms with E-state index in [4.69, 9.17) is 16.3 Å². The molecule has 0 aromatic heterocycles. The van der Waals surface area contributed by atoms with Crippen molar-refractivity contribution in [1.82, 2.24) is 0 Å². The first-order valence-electron chi connectivity index (χ1n) is 8.56. The minimum atomic E-state index is -0.429. The van der Waals surface area contributed by atoms with E-state index in [0.717, 1.165) is 48.1 Å². The van der Waals surface area contributed by atoms with Gasteiger partial charge in [0, 0.05) is 5.38 Å². The number of nitrogens with zero attached hydrogens (tertiary/aromatic N) is 1. The van der Waals surface area contributed by atoms with Crippen molar-refractivity contribution < 1.29 is 4.74 Å². The molecule has 2 atom stereocenters. The van der Waals surface area contributed by atoms with Crippen LogP contribution < -0.4 is 4.74 Å². The Bertz CT molecular complexity index is 717. The number of halogens is 1. The van der Waals surface area contributed by atoms with E-state index in [1.807, 2.05) is 19.1 Å². The maximum Gasteiger partial charge on any atom is 0.119 e. The topological polar surface area (TPSA) is 33.0 Å². The second-order valence-electron chi connectivity index (χ2n) is 6.42. The lowest BCUT2D eigenvalue weighted by Gasteiger charge is -2.33. The number of hydrogen-bond acceptors (Lipinski definition) is 2. The van der Waals surface area contributed by atoms with Crippen molar-refractivity contribution in [3.8, 4) is 22.9 Å². The summed E-state index contributed by atoms with van der Waals surface area (Å²) in [6.07, 6.45) is 3.67. The van der Waals surface area contributed by atoms with Gasteiger partial charge in [-0.05, 0) is 55.0 Å². The van der Waals surface area contributed by atoms with E-state index in [-0.39, 0.29) is 5.38 Å². The van der Waals surface area contributed by atoms with Gasteiger partial charge in [0.15, 0.2) is 0 Å². The van der Waals surface area contributed by atoms with Gasteiger partial charge in [0.25, 0.3) is 0 Å². The van der Waals surface area contributed by atoms with Crippen LogP contribution in [0.4, 0.5) is 0 Å². The quantitative estimate of drug-likeness (QED) is 0.670. The van der Waals surface area contributed by atoms with Crippen molar-refractivity contribution in [3.63, 3.8) is 0 Å². The van der Waals surface area contributed by atoms with Crippen LogP contribution in [-0.2, 0) is 5.41 Å². The summed E-state index contributed by atoms with van der Waals surface area (Å²) >= 11 is 6.33. The first kappa shape index (κ1) is 16.9. The van der Waals surface area contributed by atoms with Gasteiger partial charge >= 0.3 is 0 Å². The van der Waals surface area contributed by atoms with Crippen LogP contribution >= 0.6 is 11.6 Å². The number of nitriles is 1. The van der Waals surface area contributed by atoms with Gasteiger partial charge in [0.05, 0.1) is 18.1 Å². The van der Waals surface area contributed by atoms with Crippen molar-refractivity contribution in [2.75, 3.05) is 6.61 Å². The molecule has 3 heteroatoms. The molecule has 3 rings (SSSR count). The zero-order chi connectivity index (χ0) is 17.0. The Morgan fingerprint density at radius 1 is 1.12 bits per heavy atom. The Labute approximate surface area is 149 Å². The molecule has 0 heterocycles. The normalized spacial score (nSPS) is 23.5. The second-order valence-corrected chi connectivity index (χ2v) is 7.04. The average Bonchev–Trinajstić information content (AvgIpc) is 2.63. The summed E-state index contributed by atoms with van der Waals surface area (Å²) in [6.45, 7) is 2.65. The summed E-state index contributed by atoms with van der Waals surface area (Å²) in [4.78, 5) is 0. The Morgan fingerprint density at radius 2 is 1.75 bits per heavy atom. The first-order chi connectivity index (χ1) is 11.7. The van der Waals surface area contributed by atoms with E-state index in [2.05, 4.69) is 42.5 Å². The number of ether oxygens (including phenoxy) is 1. The van der Waals surface area contributed by atoms with E-state index in [9.17, 15) is 5.26 Å². The van der Waals surface area contributed by atoms with Gasteiger partial charge in [-0.3, -0.25) is 0 Å². The zero-order valence-corrected chi connectivity index (χ0v) is 14.7. The van der Waals surface area contributed by atoms with Crippen LogP contribution in [0.2, 0.25) is 0 Å². The summed E-state index contributed by atoms with van der Waals surface area (Å²) < 4.78 is 5.48. The molecule has 0 aliphatic heterocycles. The monoisotopic (exact) mass is 339 g/mol. The average molecular weight is 340 g/mol. The third kappa shape index (κ3) is 3.42. The highest BCUT2D eigenvalue weighted by Crippen LogP contribution is 2.41. The standard InChI is InChI=1S/C21H22ClNO/c1-2-24-20-11-7-17(8-12-20)16-5-9-18(10-6-16)21(15-23)13-3-4-19(22)14-21/h5-12,19H,2-4,13-14H2,1H3. The molecule has 0 bridgehead atoms. The molecule has 0 spiro atoms. The van der Waals surface area contributed by atoms with Crippen molar-refractivity contribution in [2.24, 2.45) is 0 Å². The molecule has 2 unspecified atom stereocenters. The van der Waals surface area contributed by atoms with Crippen LogP contribution in [-0.4, -0.2) is 12.0 Å². The van der Waals surface area contributed by atoms with Crippen LogP contribution in [0.5, 0.6) is 5.75 Å². The summed E-state index contributed by atoms with van der Waals surface area (Å²) in [6, 6.07) is 19.0. The minimum absolute atomic E-state index is 0.101. The molecule has 0 saturated heterocycles. The molecular formula is C21H22ClNO. The van der Waals surface area contributed by atoms with Gasteiger partial charge in [-0.1, -0.05) is 42.8 Å². The lowest BCUT2D eigenvalue weighted by atomic mass is 9.70. The number of rotatable bonds is 4. The summed E-state index contributed by atoms with van der Waals surface area (Å²) in [5, 5.41) is 9.86. The Morgan fingerprint density at radius 3 is 2.29 bits per heavy atom. The fourth-order valence-corrected chi connectivity index (χ4v) is 3.95. The van der Waals surface area contributed by atoms with Crippen LogP contribution in [0, 0.1) is 11.3 Å². The number of alkyl halides is 1. The molecule has 2 aromatic carbocycles. The zero-order valence-electron chi connectivity index (χ0n) is 14.0. The van der Waals surface area contributed by atoms with Crippen LogP contribution in [0.3, 0.4) is 0 Å². The third-order valence-corrected chi connectivity index (χ3v) is 5.21. The lowest BCUT2D eigenvalue weighted by molar-refractivity contribution is 0.340. The van der Waals surface area contributed by atoms with Crippen molar-refractivity contribution in [3.05, 3.63) is 54.1 Å². The SMILES string of the molecule is CCOc1ccc(-c2ccc(C3(C#N)CCCC(Cl)C3)cc2)cc1. The molecule has 2 nitrogen and oxygen atoms in total. The van der Waals surface area contributed by atoms with Crippen LogP contribution in [0.1, 0.15) is 38.2 Å². The fourth-order valence-electron chi connectivity index (χ4n) is 3.53. The fraction of sp³-hybridized carbons (Fsp3) is 0.381. The van der Waals surface area contributed by atoms with E-state index >= 15 is 0 Å². The highest BCUT2D eigenvalue weighted by Gasteiger charge is 2.37. The van der Waals surface area contributed by atoms with Gasteiger partial charge in [-0.15, -0.1) is 11.6 Å². The smallest absolute Gasteiger partial charge is 0.119 e. The van der Waals surface area contributed by atoms with Gasteiger partial charge < -0.3 is 4.74 Å². The predicted octanol–water partition coefficient (Wildman–Crippen LogP) is 5.70. The summed E-state index contributed by atoms with van der Waals surface area (Å²) in [7, 11) is 0. The van der Waals surface area contributed by atoms with Gasteiger partial charge in [-0.25, -0.2) is 0 Å². The van der Waals surface area contributed by atoms with Gasteiger partial charge in [-0.2, -0.15) is 5.26 Å². The maximum absolute atomic E-state index is 9.76. The Balaban J connectivity index is 1.83. The lowest BCUT2D eigenvalue weighted by Crippen LogP contribution is -2.31. The summed E-state index contributed by atoms with van der Waals surface area (Å²) in [5.41, 5.74) is 2.95. The molecule has 1 aliphatic carbocycles. The first-order valence-corrected chi connectivity index (χ1v) is 8.99. The molecule has 0 N–H and O–H groups in total. The van der Waals surface area contributed by atoms with E-state index in [1.54, 1.807) is 0 Å². The van der Waals surface area contributed by atoms with Crippen LogP contribution in [0.15, 0.2) is 48.5 Å². The largest absolute Gasteiger partial charge is 0.494 e. The van der Waals surface area contributed by atoms with E-state index in [0.29, 0.717) is 6.61 Å². The molecule has 1 aliphatic rings. The molecule has 24 heavy (non-hydrogen) atoms. The van der Waals surface area contributed by atoms with Crippen molar-refractivity contribution in [1.29, 1.82) is 5.26 Å². The maximum atomic E-state index is 9.76. The molecule has 0 amide bonds. The van der Waals surface area contributed by atoms with Crippen molar-refractivity contribution in [2.45, 2.75) is 43.4 Å². The van der Waals surface area contributed by atoms with Gasteiger partial charge in [0.2, 0.25) is 0 Å². The van der Waals surface area contributed by atoms with Gasteiger partial charge in [0.1, 0.15) is 5.75 Å². The highest BCUT2D eigenvalue weighted by atomic mass is 35.5. The molecular weight excluding hydrogens is 318 g/mol. The third-order valence-electron chi connectivity index (χ3n) is 4.84. The predicted molar refractivity (Wildman–Crippen MR) is 98.4 cm³/mol. The van der Waals surface area contributed by atoms with Crippen LogP contribution in [0.25, 0.3) is 11.1 Å². The summed E-state index contributed by atoms with van der Waals surface area (Å²) in [5.74, 6) is 0.886. The number of benzene rings is 2. The molecule has 124 valence electrons. The molecule has 1 saturated carbocycles. The number of hydrogen-bond donors (Lipinski definition) is 0. The van der Waals surface area contributed by atoms with E-state index in [1.165, 1.54) is 0 Å². The van der Waals surface area contributed by atoms with E-state index < -0.39 is 5.41 Å². The molecule has 0 radical (unpaired) electrons. The molecule has 2 aromatic rings. The second kappa shape index (κ2) is 7.28. The van der Waals surface area contributed by atoms with Crippen molar-refractivity contribution >= 4 is 11.6 Å².